The van der Waals surface area contributed by atoms with E-state index in [4.69, 9.17) is 37.9 Å². The molecule has 0 spiro atoms. The first-order valence-corrected chi connectivity index (χ1v) is 15.3. The standard InChI is InChI=1S/C27H48O20/c1-7-11(31)13(33)15(35)25(41-7)47-23-17(37)21(9(30)6-29)45-27(19(23)39)46-22-12(32)10(4-5-28)43-26(18(22)38)44-20-8(2)42-24(40-3)16(36)14(20)34/h7-39H,4-6H2,1-3H3/t7-,8-,9+,10+,11-,12+,13+,14-,15+,16+,17+,18-,19-,20-,21+,22-,23-,24+,25-,26-,27-/m0/s1. The number of rotatable bonds is 11. The predicted molar refractivity (Wildman–Crippen MR) is 146 cm³/mol. The van der Waals surface area contributed by atoms with Gasteiger partial charge in [0.15, 0.2) is 25.2 Å². The number of aliphatic hydroxyl groups excluding tert-OH is 12. The van der Waals surface area contributed by atoms with E-state index < -0.39 is 142 Å². The van der Waals surface area contributed by atoms with Crippen LogP contribution in [-0.2, 0) is 37.9 Å². The molecule has 0 aliphatic carbocycles. The average Bonchev–Trinajstić information content (AvgIpc) is 3.04. The van der Waals surface area contributed by atoms with Crippen molar-refractivity contribution in [3.8, 4) is 0 Å². The lowest BCUT2D eigenvalue weighted by molar-refractivity contribution is -0.390. The van der Waals surface area contributed by atoms with Crippen molar-refractivity contribution in [3.63, 3.8) is 0 Å². The molecule has 0 aromatic rings. The van der Waals surface area contributed by atoms with Gasteiger partial charge >= 0.3 is 0 Å². The fourth-order valence-electron chi connectivity index (χ4n) is 6.08. The van der Waals surface area contributed by atoms with E-state index in [1.807, 2.05) is 0 Å². The fraction of sp³-hybridized carbons (Fsp3) is 1.00. The minimum absolute atomic E-state index is 0.213. The number of methoxy groups -OCH3 is 1. The van der Waals surface area contributed by atoms with Gasteiger partial charge in [0.2, 0.25) is 0 Å². The molecule has 4 rings (SSSR count). The van der Waals surface area contributed by atoms with Gasteiger partial charge in [-0.2, -0.15) is 0 Å². The summed E-state index contributed by atoms with van der Waals surface area (Å²) in [5.41, 5.74) is 0. The second-order valence-corrected chi connectivity index (χ2v) is 12.1. The van der Waals surface area contributed by atoms with Crippen molar-refractivity contribution >= 4 is 0 Å². The van der Waals surface area contributed by atoms with Gasteiger partial charge in [0.25, 0.3) is 0 Å². The van der Waals surface area contributed by atoms with Crippen LogP contribution < -0.4 is 0 Å². The maximum atomic E-state index is 11.3. The summed E-state index contributed by atoms with van der Waals surface area (Å²) in [6.07, 6.45) is -34.3. The minimum atomic E-state index is -2.02. The Labute approximate surface area is 269 Å². The Kier molecular flexibility index (Phi) is 13.7. The fourth-order valence-corrected chi connectivity index (χ4v) is 6.08. The SMILES string of the molecule is CO[C@@H]1O[C@@H](C)[C@H](O[C@@H]2O[C@H](CCO)[C@@H](O)[C@H](O[C@@H]3O[C@H]([C@H](O)CO)[C@@H](O)[C@H](O[C@@H]4O[C@@H](C)[C@H](O)[C@@H](O)[C@H]4O)[C@@H]3O)[C@@H]2O)[C@@H](O)[C@H]1O. The molecule has 0 unspecified atom stereocenters. The Balaban J connectivity index is 1.57. The lowest BCUT2D eigenvalue weighted by Gasteiger charge is -2.49. The lowest BCUT2D eigenvalue weighted by Crippen LogP contribution is -2.68. The molecule has 4 fully saturated rings. The van der Waals surface area contributed by atoms with E-state index >= 15 is 0 Å². The summed E-state index contributed by atoms with van der Waals surface area (Å²) >= 11 is 0. The first kappa shape index (κ1) is 39.0. The maximum absolute atomic E-state index is 11.3. The van der Waals surface area contributed by atoms with Crippen LogP contribution in [0.5, 0.6) is 0 Å². The van der Waals surface area contributed by atoms with Gasteiger partial charge in [-0.25, -0.2) is 0 Å². The minimum Gasteiger partial charge on any atom is -0.396 e. The molecule has 0 aromatic carbocycles. The quantitative estimate of drug-likeness (QED) is 0.0957. The molecule has 0 aromatic heterocycles. The average molecular weight is 693 g/mol. The van der Waals surface area contributed by atoms with Crippen LogP contribution in [0.2, 0.25) is 0 Å². The van der Waals surface area contributed by atoms with Gasteiger partial charge in [-0.1, -0.05) is 0 Å². The molecule has 0 radical (unpaired) electrons. The van der Waals surface area contributed by atoms with Crippen molar-refractivity contribution in [3.05, 3.63) is 0 Å². The summed E-state index contributed by atoms with van der Waals surface area (Å²) < 4.78 is 44.3. The molecule has 20 heteroatoms. The summed E-state index contributed by atoms with van der Waals surface area (Å²) in [7, 11) is 1.25. The van der Waals surface area contributed by atoms with Crippen molar-refractivity contribution in [1.29, 1.82) is 0 Å². The van der Waals surface area contributed by atoms with Gasteiger partial charge in [0.05, 0.1) is 24.9 Å². The molecule has 12 N–H and O–H groups in total. The van der Waals surface area contributed by atoms with Crippen LogP contribution in [0.15, 0.2) is 0 Å². The smallest absolute Gasteiger partial charge is 0.187 e. The number of hydrogen-bond donors (Lipinski definition) is 12. The second-order valence-electron chi connectivity index (χ2n) is 12.1. The molecule has 47 heavy (non-hydrogen) atoms. The molecule has 21 atom stereocenters. The van der Waals surface area contributed by atoms with Gasteiger partial charge in [0, 0.05) is 13.7 Å². The number of aliphatic hydroxyl groups is 12. The normalized spacial score (nSPS) is 51.9. The third kappa shape index (κ3) is 8.08. The van der Waals surface area contributed by atoms with Gasteiger partial charge in [-0.05, 0) is 20.3 Å². The van der Waals surface area contributed by atoms with Gasteiger partial charge in [-0.15, -0.1) is 0 Å². The van der Waals surface area contributed by atoms with E-state index in [-0.39, 0.29) is 6.42 Å². The highest BCUT2D eigenvalue weighted by molar-refractivity contribution is 4.98. The monoisotopic (exact) mass is 692 g/mol. The zero-order chi connectivity index (χ0) is 34.9. The van der Waals surface area contributed by atoms with E-state index in [9.17, 15) is 61.3 Å². The van der Waals surface area contributed by atoms with Crippen LogP contribution in [-0.4, -0.2) is 211 Å². The highest BCUT2D eigenvalue weighted by atomic mass is 16.8. The number of hydrogen-bond acceptors (Lipinski definition) is 20. The summed E-state index contributed by atoms with van der Waals surface area (Å²) in [6, 6.07) is 0. The summed E-state index contributed by atoms with van der Waals surface area (Å²) in [4.78, 5) is 0. The summed E-state index contributed by atoms with van der Waals surface area (Å²) in [6.45, 7) is 1.41. The van der Waals surface area contributed by atoms with E-state index in [2.05, 4.69) is 0 Å². The molecule has 276 valence electrons. The van der Waals surface area contributed by atoms with Gasteiger partial charge in [0.1, 0.15) is 85.5 Å². The van der Waals surface area contributed by atoms with E-state index in [0.717, 1.165) is 0 Å². The Morgan fingerprint density at radius 2 is 1.04 bits per heavy atom. The molecule has 4 aliphatic rings. The lowest BCUT2D eigenvalue weighted by atomic mass is 9.93. The van der Waals surface area contributed by atoms with Crippen LogP contribution >= 0.6 is 0 Å². The van der Waals surface area contributed by atoms with Crippen molar-refractivity contribution < 1.29 is 99.2 Å². The van der Waals surface area contributed by atoms with E-state index in [0.29, 0.717) is 0 Å². The molecule has 0 bridgehead atoms. The van der Waals surface area contributed by atoms with Crippen molar-refractivity contribution in [2.75, 3.05) is 20.3 Å². The van der Waals surface area contributed by atoms with Crippen LogP contribution in [0.4, 0.5) is 0 Å². The van der Waals surface area contributed by atoms with Crippen LogP contribution in [0.25, 0.3) is 0 Å². The zero-order valence-electron chi connectivity index (χ0n) is 25.9. The summed E-state index contributed by atoms with van der Waals surface area (Å²) in [5.74, 6) is 0. The van der Waals surface area contributed by atoms with Crippen molar-refractivity contribution in [2.45, 2.75) is 149 Å². The molecular formula is C27H48O20. The number of ether oxygens (including phenoxy) is 8. The molecule has 4 saturated heterocycles. The molecular weight excluding hydrogens is 644 g/mol. The maximum Gasteiger partial charge on any atom is 0.187 e. The summed E-state index contributed by atoms with van der Waals surface area (Å²) in [5, 5.41) is 126. The highest BCUT2D eigenvalue weighted by Crippen LogP contribution is 2.35. The van der Waals surface area contributed by atoms with Gasteiger partial charge in [-0.3, -0.25) is 0 Å². The topological polar surface area (TPSA) is 317 Å². The van der Waals surface area contributed by atoms with Crippen LogP contribution in [0.3, 0.4) is 0 Å². The zero-order valence-corrected chi connectivity index (χ0v) is 25.9. The molecule has 4 heterocycles. The van der Waals surface area contributed by atoms with Gasteiger partial charge < -0.3 is 99.2 Å². The third-order valence-corrected chi connectivity index (χ3v) is 8.89. The highest BCUT2D eigenvalue weighted by Gasteiger charge is 2.55. The van der Waals surface area contributed by atoms with E-state index in [1.54, 1.807) is 0 Å². The van der Waals surface area contributed by atoms with Crippen molar-refractivity contribution in [2.24, 2.45) is 0 Å². The largest absolute Gasteiger partial charge is 0.396 e. The first-order chi connectivity index (χ1) is 22.2. The Bertz CT molecular complexity index is 965. The van der Waals surface area contributed by atoms with E-state index in [1.165, 1.54) is 21.0 Å². The molecule has 4 aliphatic heterocycles. The molecule has 0 amide bonds. The van der Waals surface area contributed by atoms with Crippen molar-refractivity contribution in [1.82, 2.24) is 0 Å². The molecule has 0 saturated carbocycles. The first-order valence-electron chi connectivity index (χ1n) is 15.3. The second kappa shape index (κ2) is 16.5. The Hall–Kier alpha value is -0.800. The van der Waals surface area contributed by atoms with Crippen LogP contribution in [0.1, 0.15) is 20.3 Å². The third-order valence-electron chi connectivity index (χ3n) is 8.89. The Morgan fingerprint density at radius 3 is 1.62 bits per heavy atom. The Morgan fingerprint density at radius 1 is 0.532 bits per heavy atom. The predicted octanol–water partition coefficient (Wildman–Crippen LogP) is -7.29. The van der Waals surface area contributed by atoms with Crippen LogP contribution in [0, 0.1) is 0 Å². The molecule has 20 nitrogen and oxygen atoms in total.